The van der Waals surface area contributed by atoms with Gasteiger partial charge in [0.25, 0.3) is 17.4 Å². The van der Waals surface area contributed by atoms with E-state index in [9.17, 15) is 24.0 Å². The minimum absolute atomic E-state index is 0.0230. The molecule has 3 aromatic carbocycles. The van der Waals surface area contributed by atoms with E-state index in [1.54, 1.807) is 52.1 Å². The summed E-state index contributed by atoms with van der Waals surface area (Å²) in [6, 6.07) is 21.6. The predicted molar refractivity (Wildman–Crippen MR) is 264 cm³/mol. The first-order valence-corrected chi connectivity index (χ1v) is 24.4. The summed E-state index contributed by atoms with van der Waals surface area (Å²) in [5.41, 5.74) is 4.43. The third-order valence-corrected chi connectivity index (χ3v) is 13.7. The summed E-state index contributed by atoms with van der Waals surface area (Å²) in [5.74, 6) is -0.312. The molecule has 3 aromatic heterocycles. The van der Waals surface area contributed by atoms with E-state index in [4.69, 9.17) is 4.42 Å². The molecule has 18 nitrogen and oxygen atoms in total. The van der Waals surface area contributed by atoms with Gasteiger partial charge in [-0.2, -0.15) is 5.10 Å². The molecule has 3 N–H and O–H groups in total. The first-order chi connectivity index (χ1) is 34.5. The van der Waals surface area contributed by atoms with E-state index >= 15 is 4.39 Å². The van der Waals surface area contributed by atoms with Gasteiger partial charge in [-0.1, -0.05) is 55.5 Å². The van der Waals surface area contributed by atoms with Crippen LogP contribution in [0.5, 0.6) is 0 Å². The molecule has 9 rings (SSSR count). The number of nitrogens with zero attached hydrogens (tertiary/aromatic N) is 9. The summed E-state index contributed by atoms with van der Waals surface area (Å²) in [6.45, 7) is 10.6. The van der Waals surface area contributed by atoms with Crippen molar-refractivity contribution in [2.24, 2.45) is 5.92 Å². The molecule has 19 heteroatoms. The van der Waals surface area contributed by atoms with Gasteiger partial charge < -0.3 is 24.4 Å². The van der Waals surface area contributed by atoms with Crippen molar-refractivity contribution in [3.63, 3.8) is 0 Å². The number of H-pyrrole nitrogens is 1. The van der Waals surface area contributed by atoms with Crippen LogP contribution in [0.15, 0.2) is 88.2 Å². The number of fused-ring (bicyclic) bond motifs is 1. The van der Waals surface area contributed by atoms with Crippen molar-refractivity contribution in [2.45, 2.75) is 46.1 Å². The topological polar surface area (TPSA) is 206 Å². The van der Waals surface area contributed by atoms with Crippen LogP contribution in [-0.2, 0) is 29.0 Å². The number of piperidine rings is 1. The minimum atomic E-state index is -0.613. The average molecular weight is 967 g/mol. The van der Waals surface area contributed by atoms with E-state index in [1.807, 2.05) is 30.3 Å². The molecule has 6 aromatic rings. The third kappa shape index (κ3) is 11.9. The zero-order chi connectivity index (χ0) is 49.4. The van der Waals surface area contributed by atoms with Crippen LogP contribution in [0.3, 0.4) is 0 Å². The molecule has 3 saturated heterocycles. The van der Waals surface area contributed by atoms with Crippen molar-refractivity contribution in [3.8, 4) is 11.1 Å². The molecule has 0 atom stereocenters. The number of aryl methyl sites for hydroxylation is 2. The molecule has 0 unspecified atom stereocenters. The summed E-state index contributed by atoms with van der Waals surface area (Å²) in [7, 11) is 0. The Bertz CT molecular complexity index is 2950. The largest absolute Gasteiger partial charge is 0.424 e. The van der Waals surface area contributed by atoms with E-state index in [0.717, 1.165) is 50.0 Å². The molecule has 4 amide bonds. The van der Waals surface area contributed by atoms with Crippen molar-refractivity contribution in [1.82, 2.24) is 55.2 Å². The summed E-state index contributed by atoms with van der Waals surface area (Å²) < 4.78 is 20.5. The smallest absolute Gasteiger partial charge is 0.274 e. The second-order valence-corrected chi connectivity index (χ2v) is 18.6. The second kappa shape index (κ2) is 22.2. The Kier molecular flexibility index (Phi) is 15.3. The van der Waals surface area contributed by atoms with Crippen LogP contribution in [0.25, 0.3) is 21.9 Å². The molecule has 370 valence electrons. The Balaban J connectivity index is 0.721. The number of pyridine rings is 1. The van der Waals surface area contributed by atoms with Crippen LogP contribution < -0.4 is 16.2 Å². The number of benzene rings is 3. The Labute approximate surface area is 410 Å². The fourth-order valence-corrected chi connectivity index (χ4v) is 9.69. The Morgan fingerprint density at radius 3 is 2.25 bits per heavy atom. The number of likely N-dealkylation sites (tertiary alicyclic amines) is 1. The van der Waals surface area contributed by atoms with Gasteiger partial charge in [0, 0.05) is 89.4 Å². The van der Waals surface area contributed by atoms with Gasteiger partial charge in [0.15, 0.2) is 5.69 Å². The molecule has 3 aliphatic heterocycles. The number of hydrogen-bond acceptors (Lipinski definition) is 13. The monoisotopic (exact) mass is 966 g/mol. The molecule has 0 bridgehead atoms. The Morgan fingerprint density at radius 2 is 1.51 bits per heavy atom. The Hall–Kier alpha value is -7.22. The Morgan fingerprint density at radius 1 is 0.775 bits per heavy atom. The third-order valence-electron chi connectivity index (χ3n) is 13.7. The van der Waals surface area contributed by atoms with Crippen LogP contribution in [-0.4, -0.2) is 159 Å². The molecular weight excluding hydrogens is 908 g/mol. The van der Waals surface area contributed by atoms with Crippen molar-refractivity contribution in [3.05, 3.63) is 135 Å². The SMILES string of the molecule is CCc1cccc(-c2cnc(C(=O)N3CCN(CC4CCN(CC(=O)N5CCN(C(=O)c6cc(Cc7n[nH]c(=O)c8ccccc78)ccc6F)CC5)CC4)CC3)c(NC(=O)CNCc3nnc(C)o3)c2)c1. The van der Waals surface area contributed by atoms with E-state index in [-0.39, 0.29) is 47.6 Å². The zero-order valence-corrected chi connectivity index (χ0v) is 40.2. The van der Waals surface area contributed by atoms with Gasteiger partial charge in [-0.25, -0.2) is 14.5 Å². The fourth-order valence-electron chi connectivity index (χ4n) is 9.69. The standard InChI is InChI=1S/C52H59FN12O6/c1-3-35-7-6-8-38(25-35)39-28-45(56-46(66)30-54-31-47-59-57-34(2)71-47)49(55-29-39)52(70)65-19-17-62(18-20-65)32-36-13-15-61(16-14-36)33-48(67)63-21-23-64(24-22-63)51(69)42-26-37(11-12-43(42)53)27-44-40-9-4-5-10-41(40)50(68)60-58-44/h4-12,25-26,28-29,36,54H,3,13-24,27,30-33H2,1-2H3,(H,56,66)(H,60,68). The van der Waals surface area contributed by atoms with Crippen LogP contribution in [0.1, 0.15) is 69.2 Å². The highest BCUT2D eigenvalue weighted by Crippen LogP contribution is 2.28. The predicted octanol–water partition coefficient (Wildman–Crippen LogP) is 4.15. The lowest BCUT2D eigenvalue weighted by Crippen LogP contribution is -2.53. The van der Waals surface area contributed by atoms with Gasteiger partial charge in [-0.05, 0) is 79.2 Å². The highest BCUT2D eigenvalue weighted by molar-refractivity contribution is 6.03. The van der Waals surface area contributed by atoms with Crippen LogP contribution >= 0.6 is 0 Å². The first kappa shape index (κ1) is 48.8. The maximum absolute atomic E-state index is 15.1. The second-order valence-electron chi connectivity index (χ2n) is 18.6. The summed E-state index contributed by atoms with van der Waals surface area (Å²) in [6.07, 6.45) is 4.78. The molecule has 3 aliphatic rings. The lowest BCUT2D eigenvalue weighted by molar-refractivity contribution is -0.134. The highest BCUT2D eigenvalue weighted by Gasteiger charge is 2.31. The van der Waals surface area contributed by atoms with E-state index < -0.39 is 11.7 Å². The maximum atomic E-state index is 15.1. The molecule has 71 heavy (non-hydrogen) atoms. The van der Waals surface area contributed by atoms with Gasteiger partial charge in [0.1, 0.15) is 5.82 Å². The minimum Gasteiger partial charge on any atom is -0.424 e. The summed E-state index contributed by atoms with van der Waals surface area (Å²) in [4.78, 5) is 81.1. The number of aromatic nitrogens is 5. The molecule has 0 saturated carbocycles. The average Bonchev–Trinajstić information content (AvgIpc) is 3.82. The maximum Gasteiger partial charge on any atom is 0.274 e. The number of carbonyl (C=O) groups is 4. The molecule has 6 heterocycles. The summed E-state index contributed by atoms with van der Waals surface area (Å²) in [5, 5.41) is 21.7. The molecule has 0 spiro atoms. The van der Waals surface area contributed by atoms with Crippen LogP contribution in [0.2, 0.25) is 0 Å². The lowest BCUT2D eigenvalue weighted by atomic mass is 9.96. The van der Waals surface area contributed by atoms with Gasteiger partial charge in [-0.3, -0.25) is 39.1 Å². The first-order valence-electron chi connectivity index (χ1n) is 24.4. The van der Waals surface area contributed by atoms with E-state index in [0.29, 0.717) is 111 Å². The lowest BCUT2D eigenvalue weighted by Gasteiger charge is -2.39. The van der Waals surface area contributed by atoms with Gasteiger partial charge in [-0.15, -0.1) is 10.2 Å². The number of aromatic amines is 1. The molecule has 3 fully saturated rings. The van der Waals surface area contributed by atoms with Crippen molar-refractivity contribution in [2.75, 3.05) is 90.4 Å². The summed E-state index contributed by atoms with van der Waals surface area (Å²) >= 11 is 0. The normalized spacial score (nSPS) is 16.1. The molecule has 0 aliphatic carbocycles. The number of rotatable bonds is 15. The van der Waals surface area contributed by atoms with E-state index in [1.165, 1.54) is 11.6 Å². The number of halogens is 1. The van der Waals surface area contributed by atoms with Crippen LogP contribution in [0, 0.1) is 18.7 Å². The zero-order valence-electron chi connectivity index (χ0n) is 40.2. The number of anilines is 1. The van der Waals surface area contributed by atoms with Crippen molar-refractivity contribution >= 4 is 40.1 Å². The number of carbonyl (C=O) groups excluding carboxylic acids is 4. The number of piperazine rings is 2. The van der Waals surface area contributed by atoms with Crippen molar-refractivity contribution in [1.29, 1.82) is 0 Å². The fraction of sp³-hybridized carbons (Fsp3) is 0.404. The van der Waals surface area contributed by atoms with Crippen LogP contribution in [0.4, 0.5) is 10.1 Å². The number of amides is 4. The number of nitrogens with one attached hydrogen (secondary N) is 3. The number of hydrogen-bond donors (Lipinski definition) is 3. The van der Waals surface area contributed by atoms with Gasteiger partial charge in [0.05, 0.1) is 42.0 Å². The van der Waals surface area contributed by atoms with E-state index in [2.05, 4.69) is 64.9 Å². The van der Waals surface area contributed by atoms with Gasteiger partial charge >= 0.3 is 0 Å². The highest BCUT2D eigenvalue weighted by atomic mass is 19.1. The quantitative estimate of drug-likeness (QED) is 0.133. The molecular formula is C52H59FN12O6. The van der Waals surface area contributed by atoms with Gasteiger partial charge in [0.2, 0.25) is 23.6 Å². The van der Waals surface area contributed by atoms with Crippen molar-refractivity contribution < 1.29 is 28.0 Å². The molecule has 0 radical (unpaired) electrons.